The van der Waals surface area contributed by atoms with E-state index in [0.29, 0.717) is 22.5 Å². The van der Waals surface area contributed by atoms with Crippen LogP contribution in [0.4, 0.5) is 5.95 Å². The number of benzene rings is 1. The van der Waals surface area contributed by atoms with Crippen LogP contribution in [0.1, 0.15) is 18.0 Å². The van der Waals surface area contributed by atoms with E-state index in [1.807, 2.05) is 0 Å². The van der Waals surface area contributed by atoms with Crippen LogP contribution in [0, 0.1) is 0 Å². The highest BCUT2D eigenvalue weighted by Crippen LogP contribution is 2.39. The Labute approximate surface area is 125 Å². The maximum absolute atomic E-state index is 11.8. The van der Waals surface area contributed by atoms with Gasteiger partial charge in [0.25, 0.3) is 0 Å². The summed E-state index contributed by atoms with van der Waals surface area (Å²) < 4.78 is 12.1. The first-order valence-electron chi connectivity index (χ1n) is 6.24. The van der Waals surface area contributed by atoms with Gasteiger partial charge in [-0.3, -0.25) is 10.1 Å². The summed E-state index contributed by atoms with van der Waals surface area (Å²) in [6.45, 7) is 0. The molecule has 21 heavy (non-hydrogen) atoms. The zero-order valence-electron chi connectivity index (χ0n) is 11.5. The lowest BCUT2D eigenvalue weighted by atomic mass is 10.0. The zero-order valence-corrected chi connectivity index (χ0v) is 12.2. The van der Waals surface area contributed by atoms with Crippen molar-refractivity contribution in [1.29, 1.82) is 0 Å². The summed E-state index contributed by atoms with van der Waals surface area (Å²) >= 11 is 6.32. The maximum Gasteiger partial charge on any atom is 0.229 e. The highest BCUT2D eigenvalue weighted by Gasteiger charge is 2.30. The molecule has 0 saturated heterocycles. The van der Waals surface area contributed by atoms with Gasteiger partial charge < -0.3 is 9.47 Å². The average Bonchev–Trinajstić information content (AvgIpc) is 2.94. The number of amides is 1. The molecule has 1 aromatic carbocycles. The minimum Gasteiger partial charge on any atom is -0.493 e. The Morgan fingerprint density at radius 3 is 2.76 bits per heavy atom. The molecule has 110 valence electrons. The predicted molar refractivity (Wildman–Crippen MR) is 76.0 cm³/mol. The lowest BCUT2D eigenvalue weighted by molar-refractivity contribution is -0.117. The van der Waals surface area contributed by atoms with Crippen molar-refractivity contribution in [3.63, 3.8) is 0 Å². The summed E-state index contributed by atoms with van der Waals surface area (Å²) in [6.07, 6.45) is 1.62. The first-order valence-corrected chi connectivity index (χ1v) is 6.62. The van der Waals surface area contributed by atoms with Crippen molar-refractivity contribution in [2.75, 3.05) is 19.5 Å². The number of aromatic nitrogens is 3. The third-order valence-corrected chi connectivity index (χ3v) is 3.69. The first kappa shape index (κ1) is 13.7. The minimum atomic E-state index is -0.330. The Hall–Kier alpha value is -2.28. The molecular formula is C13H13ClN4O3. The van der Waals surface area contributed by atoms with E-state index in [1.165, 1.54) is 13.4 Å². The van der Waals surface area contributed by atoms with Gasteiger partial charge in [0.15, 0.2) is 11.5 Å². The van der Waals surface area contributed by atoms with Crippen molar-refractivity contribution in [1.82, 2.24) is 14.8 Å². The highest BCUT2D eigenvalue weighted by molar-refractivity contribution is 6.31. The van der Waals surface area contributed by atoms with E-state index >= 15 is 0 Å². The second kappa shape index (κ2) is 5.25. The van der Waals surface area contributed by atoms with E-state index in [1.54, 1.807) is 23.9 Å². The normalized spacial score (nSPS) is 17.1. The highest BCUT2D eigenvalue weighted by atomic mass is 35.5. The Morgan fingerprint density at radius 2 is 2.05 bits per heavy atom. The van der Waals surface area contributed by atoms with Crippen molar-refractivity contribution in [2.45, 2.75) is 12.5 Å². The number of nitrogens with one attached hydrogen (secondary N) is 1. The number of rotatable bonds is 3. The number of carbonyl (C=O) groups is 1. The third-order valence-electron chi connectivity index (χ3n) is 3.36. The number of carbonyl (C=O) groups excluding carboxylic acids is 1. The lowest BCUT2D eigenvalue weighted by Gasteiger charge is -2.25. The Kier molecular flexibility index (Phi) is 3.42. The first-order chi connectivity index (χ1) is 10.1. The van der Waals surface area contributed by atoms with Crippen LogP contribution in [0.5, 0.6) is 11.5 Å². The molecule has 1 aliphatic heterocycles. The van der Waals surface area contributed by atoms with Gasteiger partial charge >= 0.3 is 0 Å². The molecule has 2 heterocycles. The van der Waals surface area contributed by atoms with Crippen LogP contribution in [0.15, 0.2) is 18.5 Å². The van der Waals surface area contributed by atoms with Gasteiger partial charge in [0.1, 0.15) is 6.33 Å². The predicted octanol–water partition coefficient (Wildman–Crippen LogP) is 1.88. The molecule has 1 atom stereocenters. The summed E-state index contributed by atoms with van der Waals surface area (Å²) in [7, 11) is 3.08. The van der Waals surface area contributed by atoms with Gasteiger partial charge in [0, 0.05) is 11.1 Å². The number of hydrogen-bond acceptors (Lipinski definition) is 5. The van der Waals surface area contributed by atoms with Gasteiger partial charge in [0.2, 0.25) is 11.9 Å². The van der Waals surface area contributed by atoms with Crippen molar-refractivity contribution in [3.05, 3.63) is 29.0 Å². The largest absolute Gasteiger partial charge is 0.493 e. The van der Waals surface area contributed by atoms with Crippen LogP contribution >= 0.6 is 11.6 Å². The fourth-order valence-electron chi connectivity index (χ4n) is 2.37. The van der Waals surface area contributed by atoms with E-state index in [4.69, 9.17) is 21.1 Å². The number of anilines is 1. The summed E-state index contributed by atoms with van der Waals surface area (Å²) in [4.78, 5) is 15.8. The average molecular weight is 309 g/mol. The fourth-order valence-corrected chi connectivity index (χ4v) is 2.65. The fraction of sp³-hybridized carbons (Fsp3) is 0.308. The number of fused-ring (bicyclic) bond motifs is 1. The monoisotopic (exact) mass is 308 g/mol. The molecule has 7 nitrogen and oxygen atoms in total. The topological polar surface area (TPSA) is 78.3 Å². The molecule has 0 saturated carbocycles. The maximum atomic E-state index is 11.8. The molecule has 3 rings (SSSR count). The molecule has 8 heteroatoms. The van der Waals surface area contributed by atoms with Gasteiger partial charge in [-0.2, -0.15) is 10.1 Å². The molecular weight excluding hydrogens is 296 g/mol. The van der Waals surface area contributed by atoms with Gasteiger partial charge in [-0.1, -0.05) is 11.6 Å². The molecule has 0 fully saturated rings. The standard InChI is InChI=1S/C13H13ClN4O3/c1-20-10-3-7(8(14)4-11(10)21-2)9-5-12(19)17-13-15-6-16-18(9)13/h3-4,6,9H,5H2,1-2H3,(H,15,16,17,19)/t9-/m0/s1. The Bertz CT molecular complexity index is 701. The second-order valence-corrected chi connectivity index (χ2v) is 4.93. The van der Waals surface area contributed by atoms with Gasteiger partial charge in [-0.25, -0.2) is 4.68 Å². The van der Waals surface area contributed by atoms with Crippen LogP contribution in [-0.2, 0) is 4.79 Å². The third kappa shape index (κ3) is 2.29. The van der Waals surface area contributed by atoms with Gasteiger partial charge in [-0.15, -0.1) is 0 Å². The lowest BCUT2D eigenvalue weighted by Crippen LogP contribution is -2.29. The molecule has 2 aromatic rings. The van der Waals surface area contributed by atoms with E-state index < -0.39 is 0 Å². The van der Waals surface area contributed by atoms with E-state index in [9.17, 15) is 4.79 Å². The van der Waals surface area contributed by atoms with E-state index in [-0.39, 0.29) is 18.4 Å². The van der Waals surface area contributed by atoms with Crippen molar-refractivity contribution in [2.24, 2.45) is 0 Å². The second-order valence-electron chi connectivity index (χ2n) is 4.53. The van der Waals surface area contributed by atoms with Crippen LogP contribution in [0.3, 0.4) is 0 Å². The van der Waals surface area contributed by atoms with Crippen LogP contribution in [0.2, 0.25) is 5.02 Å². The molecule has 0 spiro atoms. The van der Waals surface area contributed by atoms with Crippen LogP contribution < -0.4 is 14.8 Å². The molecule has 0 radical (unpaired) electrons. The van der Waals surface area contributed by atoms with Crippen molar-refractivity contribution >= 4 is 23.5 Å². The number of halogens is 1. The molecule has 1 N–H and O–H groups in total. The molecule has 1 aliphatic rings. The molecule has 1 amide bonds. The molecule has 1 aromatic heterocycles. The Morgan fingerprint density at radius 1 is 1.33 bits per heavy atom. The summed E-state index contributed by atoms with van der Waals surface area (Å²) in [5.41, 5.74) is 0.732. The van der Waals surface area contributed by atoms with E-state index in [0.717, 1.165) is 5.56 Å². The van der Waals surface area contributed by atoms with E-state index in [2.05, 4.69) is 15.4 Å². The summed E-state index contributed by atoms with van der Waals surface area (Å²) in [6, 6.07) is 3.10. The number of methoxy groups -OCH3 is 2. The molecule has 0 aliphatic carbocycles. The van der Waals surface area contributed by atoms with Crippen molar-refractivity contribution in [3.8, 4) is 11.5 Å². The number of ether oxygens (including phenoxy) is 2. The van der Waals surface area contributed by atoms with Gasteiger partial charge in [0.05, 0.1) is 26.7 Å². The quantitative estimate of drug-likeness (QED) is 0.936. The molecule has 0 bridgehead atoms. The van der Waals surface area contributed by atoms with Crippen LogP contribution in [-0.4, -0.2) is 34.9 Å². The van der Waals surface area contributed by atoms with Crippen LogP contribution in [0.25, 0.3) is 0 Å². The SMILES string of the molecule is COc1cc(Cl)c([C@@H]2CC(=O)Nc3ncnn32)cc1OC. The molecule has 0 unspecified atom stereocenters. The van der Waals surface area contributed by atoms with Crippen molar-refractivity contribution < 1.29 is 14.3 Å². The number of nitrogens with zero attached hydrogens (tertiary/aromatic N) is 3. The summed E-state index contributed by atoms with van der Waals surface area (Å²) in [5.74, 6) is 1.35. The van der Waals surface area contributed by atoms with Gasteiger partial charge in [-0.05, 0) is 11.6 Å². The minimum absolute atomic E-state index is 0.133. The smallest absolute Gasteiger partial charge is 0.229 e. The summed E-state index contributed by atoms with van der Waals surface area (Å²) in [5, 5.41) is 7.29. The Balaban J connectivity index is 2.11. The zero-order chi connectivity index (χ0) is 15.0. The number of hydrogen-bond donors (Lipinski definition) is 1.